The molecule has 2 atom stereocenters. The van der Waals surface area contributed by atoms with E-state index in [4.69, 9.17) is 18.5 Å². The van der Waals surface area contributed by atoms with Gasteiger partial charge in [0.15, 0.2) is 6.10 Å². The molecule has 0 bridgehead atoms. The number of carbonyl (C=O) groups is 2. The van der Waals surface area contributed by atoms with Crippen LogP contribution in [0.2, 0.25) is 0 Å². The van der Waals surface area contributed by atoms with Crippen molar-refractivity contribution in [1.82, 2.24) is 0 Å². The first-order valence-corrected chi connectivity index (χ1v) is 29.4. The minimum atomic E-state index is -4.65. The third-order valence-electron chi connectivity index (χ3n) is 11.6. The Morgan fingerprint density at radius 1 is 0.457 bits per heavy atom. The van der Waals surface area contributed by atoms with Gasteiger partial charge in [-0.2, -0.15) is 0 Å². The second-order valence-electron chi connectivity index (χ2n) is 19.6. The van der Waals surface area contributed by atoms with Gasteiger partial charge in [0.05, 0.1) is 27.7 Å². The van der Waals surface area contributed by atoms with Crippen LogP contribution in [0, 0.1) is 0 Å². The smallest absolute Gasteiger partial charge is 0.306 e. The molecule has 0 saturated carbocycles. The number of quaternary nitrogens is 1. The van der Waals surface area contributed by atoms with Crippen LogP contribution in [0.4, 0.5) is 0 Å². The maximum atomic E-state index is 12.7. The Morgan fingerprint density at radius 3 is 1.26 bits per heavy atom. The number of esters is 2. The molecular formula is C60H104NO8P. The number of hydrogen-bond donors (Lipinski definition) is 0. The molecule has 0 aromatic carbocycles. The molecule has 0 aromatic rings. The number of likely N-dealkylation sites (N-methyl/N-ethyl adjacent to an activating group) is 1. The number of carbonyl (C=O) groups excluding carboxylic acids is 2. The van der Waals surface area contributed by atoms with E-state index in [0.29, 0.717) is 23.9 Å². The Balaban J connectivity index is 4.19. The monoisotopic (exact) mass is 998 g/mol. The third-order valence-corrected chi connectivity index (χ3v) is 12.6. The van der Waals surface area contributed by atoms with Gasteiger partial charge in [0.25, 0.3) is 7.82 Å². The lowest BCUT2D eigenvalue weighted by atomic mass is 10.0. The molecule has 0 aliphatic rings. The van der Waals surface area contributed by atoms with E-state index in [-0.39, 0.29) is 26.1 Å². The maximum Gasteiger partial charge on any atom is 0.306 e. The zero-order chi connectivity index (χ0) is 51.3. The summed E-state index contributed by atoms with van der Waals surface area (Å²) in [4.78, 5) is 37.8. The highest BCUT2D eigenvalue weighted by molar-refractivity contribution is 7.45. The fourth-order valence-electron chi connectivity index (χ4n) is 7.29. The van der Waals surface area contributed by atoms with Gasteiger partial charge in [-0.05, 0) is 89.9 Å². The Kier molecular flexibility index (Phi) is 48.6. The summed E-state index contributed by atoms with van der Waals surface area (Å²) >= 11 is 0. The number of phosphoric ester groups is 1. The summed E-state index contributed by atoms with van der Waals surface area (Å²) in [7, 11) is 1.12. The molecule has 70 heavy (non-hydrogen) atoms. The van der Waals surface area contributed by atoms with Crippen LogP contribution in [0.15, 0.2) is 97.2 Å². The van der Waals surface area contributed by atoms with Crippen LogP contribution in [0.25, 0.3) is 0 Å². The zero-order valence-corrected chi connectivity index (χ0v) is 46.3. The van der Waals surface area contributed by atoms with E-state index in [0.717, 1.165) is 64.2 Å². The third kappa shape index (κ3) is 54.3. The average Bonchev–Trinajstić information content (AvgIpc) is 3.32. The lowest BCUT2D eigenvalue weighted by Crippen LogP contribution is -2.37. The van der Waals surface area contributed by atoms with Gasteiger partial charge in [0, 0.05) is 12.8 Å². The molecule has 2 unspecified atom stereocenters. The quantitative estimate of drug-likeness (QED) is 0.0195. The number of unbranched alkanes of at least 4 members (excludes halogenated alkanes) is 20. The van der Waals surface area contributed by atoms with E-state index in [9.17, 15) is 19.0 Å². The lowest BCUT2D eigenvalue weighted by molar-refractivity contribution is -0.870. The Morgan fingerprint density at radius 2 is 0.829 bits per heavy atom. The highest BCUT2D eigenvalue weighted by Crippen LogP contribution is 2.38. The van der Waals surface area contributed by atoms with Crippen molar-refractivity contribution in [2.75, 3.05) is 47.5 Å². The number of ether oxygens (including phenoxy) is 2. The van der Waals surface area contributed by atoms with E-state index < -0.39 is 32.5 Å². The average molecular weight is 998 g/mol. The lowest BCUT2D eigenvalue weighted by Gasteiger charge is -2.28. The van der Waals surface area contributed by atoms with Crippen molar-refractivity contribution in [2.24, 2.45) is 0 Å². The molecule has 402 valence electrons. The molecule has 9 nitrogen and oxygen atoms in total. The van der Waals surface area contributed by atoms with E-state index >= 15 is 0 Å². The summed E-state index contributed by atoms with van der Waals surface area (Å²) in [6, 6.07) is 0. The fraction of sp³-hybridized carbons (Fsp3) is 0.700. The first-order chi connectivity index (χ1) is 34.0. The maximum absolute atomic E-state index is 12.7. The van der Waals surface area contributed by atoms with Gasteiger partial charge in [0.2, 0.25) is 0 Å². The number of hydrogen-bond acceptors (Lipinski definition) is 8. The molecule has 0 aromatic heterocycles. The summed E-state index contributed by atoms with van der Waals surface area (Å²) < 4.78 is 34.0. The first kappa shape index (κ1) is 66.9. The van der Waals surface area contributed by atoms with Crippen LogP contribution >= 0.6 is 7.82 Å². The Labute approximate surface area is 430 Å². The van der Waals surface area contributed by atoms with Crippen molar-refractivity contribution in [2.45, 2.75) is 225 Å². The molecule has 0 aliphatic carbocycles. The number of rotatable bonds is 50. The van der Waals surface area contributed by atoms with Gasteiger partial charge < -0.3 is 27.9 Å². The van der Waals surface area contributed by atoms with Crippen molar-refractivity contribution >= 4 is 19.8 Å². The minimum absolute atomic E-state index is 0.0460. The van der Waals surface area contributed by atoms with Crippen molar-refractivity contribution < 1.29 is 42.1 Å². The van der Waals surface area contributed by atoms with Crippen LogP contribution in [-0.2, 0) is 32.7 Å². The van der Waals surface area contributed by atoms with Crippen LogP contribution in [0.3, 0.4) is 0 Å². The molecule has 10 heteroatoms. The van der Waals surface area contributed by atoms with E-state index in [1.807, 2.05) is 27.2 Å². The predicted octanol–water partition coefficient (Wildman–Crippen LogP) is 16.6. The van der Waals surface area contributed by atoms with E-state index in [1.54, 1.807) is 0 Å². The first-order valence-electron chi connectivity index (χ1n) is 27.9. The van der Waals surface area contributed by atoms with Gasteiger partial charge in [-0.1, -0.05) is 214 Å². The molecule has 0 amide bonds. The van der Waals surface area contributed by atoms with E-state index in [1.165, 1.54) is 116 Å². The number of phosphoric acid groups is 1. The molecular weight excluding hydrogens is 894 g/mol. The summed E-state index contributed by atoms with van der Waals surface area (Å²) in [6.45, 7) is 4.04. The summed E-state index contributed by atoms with van der Waals surface area (Å²) in [5.74, 6) is -0.906. The number of allylic oxidation sites excluding steroid dienone is 16. The summed E-state index contributed by atoms with van der Waals surface area (Å²) in [5, 5.41) is 0. The van der Waals surface area contributed by atoms with Gasteiger partial charge in [0.1, 0.15) is 19.8 Å². The molecule has 0 spiro atoms. The fourth-order valence-corrected chi connectivity index (χ4v) is 8.02. The Bertz CT molecular complexity index is 1500. The molecule has 0 saturated heterocycles. The van der Waals surface area contributed by atoms with Gasteiger partial charge in [-0.25, -0.2) is 0 Å². The van der Waals surface area contributed by atoms with E-state index in [2.05, 4.69) is 105 Å². The van der Waals surface area contributed by atoms with Crippen molar-refractivity contribution in [3.63, 3.8) is 0 Å². The molecule has 0 radical (unpaired) electrons. The molecule has 0 N–H and O–H groups in total. The zero-order valence-electron chi connectivity index (χ0n) is 45.4. The second kappa shape index (κ2) is 50.9. The summed E-state index contributed by atoms with van der Waals surface area (Å²) in [6.07, 6.45) is 68.9. The van der Waals surface area contributed by atoms with Crippen LogP contribution in [0.1, 0.15) is 219 Å². The minimum Gasteiger partial charge on any atom is -0.756 e. The molecule has 0 aliphatic heterocycles. The molecule has 0 rings (SSSR count). The van der Waals surface area contributed by atoms with Crippen molar-refractivity contribution in [1.29, 1.82) is 0 Å². The van der Waals surface area contributed by atoms with Gasteiger partial charge in [-0.15, -0.1) is 0 Å². The van der Waals surface area contributed by atoms with Crippen molar-refractivity contribution in [3.8, 4) is 0 Å². The van der Waals surface area contributed by atoms with Crippen molar-refractivity contribution in [3.05, 3.63) is 97.2 Å². The molecule has 0 fully saturated rings. The summed E-state index contributed by atoms with van der Waals surface area (Å²) in [5.41, 5.74) is 0. The highest BCUT2D eigenvalue weighted by atomic mass is 31.2. The molecule has 0 heterocycles. The van der Waals surface area contributed by atoms with Gasteiger partial charge >= 0.3 is 11.9 Å². The SMILES string of the molecule is CC/C=C\C/C=C\C/C=C\C/C=C\C/C=C\CCCC(=O)OC(COC(=O)CCCCCCCCCCCCCCCC/C=C\C/C=C\C/C=C\CCCCCCC)COP(=O)([O-])OCC[N+](C)(C)C. The van der Waals surface area contributed by atoms with Crippen LogP contribution in [0.5, 0.6) is 0 Å². The van der Waals surface area contributed by atoms with Crippen LogP contribution in [-0.4, -0.2) is 70.0 Å². The van der Waals surface area contributed by atoms with Crippen LogP contribution < -0.4 is 4.89 Å². The predicted molar refractivity (Wildman–Crippen MR) is 295 cm³/mol. The highest BCUT2D eigenvalue weighted by Gasteiger charge is 2.21. The topological polar surface area (TPSA) is 111 Å². The van der Waals surface area contributed by atoms with Gasteiger partial charge in [-0.3, -0.25) is 14.2 Å². The number of nitrogens with zero attached hydrogens (tertiary/aromatic N) is 1. The Hall–Kier alpha value is -3.07. The largest absolute Gasteiger partial charge is 0.756 e. The second-order valence-corrected chi connectivity index (χ2v) is 21.0. The normalized spacial score (nSPS) is 14.1. The standard InChI is InChI=1S/C60H104NO8P/c1-6-8-10-12-14-16-18-20-22-24-25-26-27-28-29-30-31-32-33-34-35-37-38-40-42-44-46-48-50-52-59(62)66-56-58(57-68-70(64,65)67-55-54-61(3,4)5)69-60(63)53-51-49-47-45-43-41-39-36-23-21-19-17-15-13-11-9-7-2/h9,11,15,17-18,20-21,23-25,27-28,39,41,45,47,58H,6-8,10,12-14,16,19,22,26,29-38,40,42-44,46,48-57H2,1-5H3/b11-9-,17-15-,20-18-,23-21-,25-24-,28-27-,41-39-,47-45-.